The first-order chi connectivity index (χ1) is 12.2. The Hall–Kier alpha value is -3.01. The highest BCUT2D eigenvalue weighted by atomic mass is 32.1. The zero-order valence-corrected chi connectivity index (χ0v) is 14.0. The van der Waals surface area contributed by atoms with Crippen molar-refractivity contribution in [2.75, 3.05) is 5.32 Å². The smallest absolute Gasteiger partial charge is 0.433 e. The van der Waals surface area contributed by atoms with E-state index >= 15 is 0 Å². The molecule has 0 saturated carbocycles. The Bertz CT molecular complexity index is 972. The van der Waals surface area contributed by atoms with Crippen LogP contribution in [0.2, 0.25) is 0 Å². The van der Waals surface area contributed by atoms with E-state index in [9.17, 15) is 18.0 Å². The van der Waals surface area contributed by atoms with Gasteiger partial charge < -0.3 is 10.4 Å². The predicted octanol–water partition coefficient (Wildman–Crippen LogP) is 4.37. The number of benzene rings is 1. The number of carbonyl (C=O) groups is 1. The van der Waals surface area contributed by atoms with E-state index in [1.165, 1.54) is 6.20 Å². The molecule has 2 heterocycles. The lowest BCUT2D eigenvalue weighted by atomic mass is 10.1. The van der Waals surface area contributed by atoms with E-state index in [-0.39, 0.29) is 11.0 Å². The fraction of sp³-hybridized carbons (Fsp3) is 0.125. The van der Waals surface area contributed by atoms with Crippen LogP contribution in [-0.4, -0.2) is 26.0 Å². The van der Waals surface area contributed by atoms with Gasteiger partial charge in [-0.15, -0.1) is 11.3 Å². The Labute approximate surface area is 149 Å². The number of thiazole rings is 1. The van der Waals surface area contributed by atoms with Crippen LogP contribution in [-0.2, 0) is 6.18 Å². The molecule has 0 unspecified atom stereocenters. The van der Waals surface area contributed by atoms with Gasteiger partial charge in [0, 0.05) is 18.1 Å². The van der Waals surface area contributed by atoms with Crippen LogP contribution in [0.5, 0.6) is 0 Å². The number of hydrogen-bond acceptors (Lipinski definition) is 6. The molecule has 2 N–H and O–H groups in total. The second-order valence-electron chi connectivity index (χ2n) is 5.31. The molecule has 0 amide bonds. The van der Waals surface area contributed by atoms with Gasteiger partial charge in [-0.25, -0.2) is 19.7 Å². The van der Waals surface area contributed by atoms with Crippen LogP contribution in [0.15, 0.2) is 36.7 Å². The van der Waals surface area contributed by atoms with Gasteiger partial charge in [0.1, 0.15) is 5.69 Å². The average Bonchev–Trinajstić information content (AvgIpc) is 3.04. The van der Waals surface area contributed by atoms with Crippen molar-refractivity contribution in [1.82, 2.24) is 15.0 Å². The van der Waals surface area contributed by atoms with Crippen LogP contribution < -0.4 is 5.32 Å². The van der Waals surface area contributed by atoms with Gasteiger partial charge in [0.05, 0.1) is 4.88 Å². The maximum atomic E-state index is 12.8. The molecule has 6 nitrogen and oxygen atoms in total. The van der Waals surface area contributed by atoms with E-state index in [1.807, 2.05) is 6.07 Å². The minimum absolute atomic E-state index is 0.0442. The molecule has 0 spiro atoms. The van der Waals surface area contributed by atoms with Crippen molar-refractivity contribution >= 4 is 28.9 Å². The van der Waals surface area contributed by atoms with Gasteiger partial charge in [-0.1, -0.05) is 6.07 Å². The number of rotatable bonds is 4. The molecule has 0 bridgehead atoms. The lowest BCUT2D eigenvalue weighted by Crippen LogP contribution is -2.10. The Morgan fingerprint density at radius 3 is 2.65 bits per heavy atom. The molecule has 0 radical (unpaired) electrons. The van der Waals surface area contributed by atoms with Crippen molar-refractivity contribution in [3.05, 3.63) is 52.9 Å². The highest BCUT2D eigenvalue weighted by Crippen LogP contribution is 2.31. The largest absolute Gasteiger partial charge is 0.476 e. The molecular formula is C16H11F3N4O2S. The fourth-order valence-corrected chi connectivity index (χ4v) is 2.95. The van der Waals surface area contributed by atoms with Crippen LogP contribution in [0.25, 0.3) is 10.4 Å². The molecule has 2 aromatic heterocycles. The van der Waals surface area contributed by atoms with Gasteiger partial charge in [0.25, 0.3) is 0 Å². The Kier molecular flexibility index (Phi) is 4.60. The van der Waals surface area contributed by atoms with Crippen molar-refractivity contribution in [3.63, 3.8) is 0 Å². The van der Waals surface area contributed by atoms with Crippen molar-refractivity contribution in [3.8, 4) is 10.4 Å². The molecule has 0 aliphatic carbocycles. The van der Waals surface area contributed by atoms with Gasteiger partial charge in [0.15, 0.2) is 0 Å². The Balaban J connectivity index is 1.92. The van der Waals surface area contributed by atoms with Crippen LogP contribution in [0.3, 0.4) is 0 Å². The van der Waals surface area contributed by atoms with Crippen LogP contribution in [0, 0.1) is 6.92 Å². The molecule has 0 aliphatic rings. The molecule has 0 saturated heterocycles. The molecule has 0 fully saturated rings. The maximum absolute atomic E-state index is 12.8. The van der Waals surface area contributed by atoms with Gasteiger partial charge in [0.2, 0.25) is 11.0 Å². The number of aromatic carboxylic acids is 1. The van der Waals surface area contributed by atoms with Gasteiger partial charge in [-0.05, 0) is 36.2 Å². The summed E-state index contributed by atoms with van der Waals surface area (Å²) in [4.78, 5) is 22.7. The molecule has 3 aromatic rings. The molecule has 3 rings (SSSR count). The van der Waals surface area contributed by atoms with Crippen LogP contribution >= 0.6 is 11.3 Å². The zero-order chi connectivity index (χ0) is 18.9. The van der Waals surface area contributed by atoms with E-state index in [0.717, 1.165) is 29.2 Å². The number of carboxylic acid groups (broad SMARTS) is 1. The minimum Gasteiger partial charge on any atom is -0.476 e. The van der Waals surface area contributed by atoms with E-state index in [0.29, 0.717) is 16.1 Å². The normalized spacial score (nSPS) is 11.4. The summed E-state index contributed by atoms with van der Waals surface area (Å²) in [5.74, 6) is -1.31. The summed E-state index contributed by atoms with van der Waals surface area (Å²) in [5.41, 5.74) is 0.938. The van der Waals surface area contributed by atoms with Crippen LogP contribution in [0.4, 0.5) is 24.8 Å². The second kappa shape index (κ2) is 6.71. The second-order valence-corrected chi connectivity index (χ2v) is 6.34. The standard InChI is InChI=1S/C16H11F3N4O2S/c1-8-4-9(11-7-21-13(26-11)14(24)25)6-10(5-8)22-15-20-3-2-12(23-15)16(17,18)19/h2-7H,1H3,(H,24,25)(H,20,22,23). The third-order valence-electron chi connectivity index (χ3n) is 3.25. The topological polar surface area (TPSA) is 88.0 Å². The van der Waals surface area contributed by atoms with Crippen molar-refractivity contribution in [1.29, 1.82) is 0 Å². The fourth-order valence-electron chi connectivity index (χ4n) is 2.21. The van der Waals surface area contributed by atoms with Gasteiger partial charge in [-0.3, -0.25) is 0 Å². The number of nitrogens with zero attached hydrogens (tertiary/aromatic N) is 3. The monoisotopic (exact) mass is 380 g/mol. The number of carboxylic acids is 1. The lowest BCUT2D eigenvalue weighted by Gasteiger charge is -2.10. The van der Waals surface area contributed by atoms with Crippen molar-refractivity contribution in [2.24, 2.45) is 0 Å². The quantitative estimate of drug-likeness (QED) is 0.699. The summed E-state index contributed by atoms with van der Waals surface area (Å²) in [6.45, 7) is 1.81. The van der Waals surface area contributed by atoms with E-state index in [2.05, 4.69) is 20.3 Å². The third kappa shape index (κ3) is 3.97. The summed E-state index contributed by atoms with van der Waals surface area (Å²) < 4.78 is 38.3. The number of halogens is 3. The number of aromatic nitrogens is 3. The van der Waals surface area contributed by atoms with Crippen molar-refractivity contribution in [2.45, 2.75) is 13.1 Å². The highest BCUT2D eigenvalue weighted by Gasteiger charge is 2.32. The van der Waals surface area contributed by atoms with E-state index in [4.69, 9.17) is 5.11 Å². The van der Waals surface area contributed by atoms with E-state index in [1.54, 1.807) is 19.1 Å². The number of aryl methyl sites for hydroxylation is 1. The Morgan fingerprint density at radius 1 is 1.23 bits per heavy atom. The summed E-state index contributed by atoms with van der Waals surface area (Å²) >= 11 is 1.01. The van der Waals surface area contributed by atoms with E-state index < -0.39 is 17.8 Å². The number of anilines is 2. The number of alkyl halides is 3. The first kappa shape index (κ1) is 17.8. The average molecular weight is 380 g/mol. The maximum Gasteiger partial charge on any atom is 0.433 e. The minimum atomic E-state index is -4.56. The molecule has 0 aliphatic heterocycles. The zero-order valence-electron chi connectivity index (χ0n) is 13.2. The molecule has 134 valence electrons. The third-order valence-corrected chi connectivity index (χ3v) is 4.29. The molecule has 0 atom stereocenters. The van der Waals surface area contributed by atoms with Gasteiger partial charge >= 0.3 is 12.1 Å². The lowest BCUT2D eigenvalue weighted by molar-refractivity contribution is -0.141. The summed E-state index contributed by atoms with van der Waals surface area (Å²) in [6.07, 6.45) is -2.10. The van der Waals surface area contributed by atoms with Crippen molar-refractivity contribution < 1.29 is 23.1 Å². The Morgan fingerprint density at radius 2 is 2.00 bits per heavy atom. The number of nitrogens with one attached hydrogen (secondary N) is 1. The SMILES string of the molecule is Cc1cc(Nc2nccc(C(F)(F)F)n2)cc(-c2cnc(C(=O)O)s2)c1. The molecule has 10 heteroatoms. The summed E-state index contributed by atoms with van der Waals surface area (Å²) in [7, 11) is 0. The first-order valence-electron chi connectivity index (χ1n) is 7.21. The summed E-state index contributed by atoms with van der Waals surface area (Å²) in [5, 5.41) is 11.7. The first-order valence-corrected chi connectivity index (χ1v) is 8.02. The molecule has 26 heavy (non-hydrogen) atoms. The molecular weight excluding hydrogens is 369 g/mol. The summed E-state index contributed by atoms with van der Waals surface area (Å²) in [6, 6.07) is 5.98. The van der Waals surface area contributed by atoms with Gasteiger partial charge in [-0.2, -0.15) is 13.2 Å². The highest BCUT2D eigenvalue weighted by molar-refractivity contribution is 7.16. The number of hydrogen-bond donors (Lipinski definition) is 2. The molecule has 1 aromatic carbocycles. The predicted molar refractivity (Wildman–Crippen MR) is 89.6 cm³/mol. The van der Waals surface area contributed by atoms with Crippen LogP contribution in [0.1, 0.15) is 21.1 Å².